The Bertz CT molecular complexity index is 607. The Hall–Kier alpha value is -2.30. The molecule has 0 bridgehead atoms. The van der Waals surface area contributed by atoms with E-state index in [0.29, 0.717) is 0 Å². The Morgan fingerprint density at radius 3 is 2.35 bits per heavy atom. The van der Waals surface area contributed by atoms with Crippen LogP contribution in [0.4, 0.5) is 23.0 Å². The quantitative estimate of drug-likeness (QED) is 0.715. The van der Waals surface area contributed by atoms with Crippen molar-refractivity contribution in [3.8, 4) is 0 Å². The smallest absolute Gasteiger partial charge is 0.136 e. The van der Waals surface area contributed by atoms with Gasteiger partial charge >= 0.3 is 0 Å². The standard InChI is InChI=1S/C18H27N5/c1-5-6-7-12-19-17-13-18(21-14(2)20-17)22-15-8-10-16(11-9-15)23(3)4/h8-11,13H,5-7,12H2,1-4H3,(H2,19,20,21,22). The van der Waals surface area contributed by atoms with Gasteiger partial charge in [-0.05, 0) is 37.6 Å². The summed E-state index contributed by atoms with van der Waals surface area (Å²) in [4.78, 5) is 11.0. The van der Waals surface area contributed by atoms with Crippen molar-refractivity contribution in [2.24, 2.45) is 0 Å². The summed E-state index contributed by atoms with van der Waals surface area (Å²) < 4.78 is 0. The van der Waals surface area contributed by atoms with Gasteiger partial charge < -0.3 is 15.5 Å². The molecule has 23 heavy (non-hydrogen) atoms. The predicted octanol–water partition coefficient (Wildman–Crippen LogP) is 4.20. The van der Waals surface area contributed by atoms with Crippen LogP contribution in [0.3, 0.4) is 0 Å². The molecule has 0 radical (unpaired) electrons. The van der Waals surface area contributed by atoms with Crippen molar-refractivity contribution in [2.45, 2.75) is 33.1 Å². The highest BCUT2D eigenvalue weighted by Crippen LogP contribution is 2.20. The molecule has 0 aliphatic heterocycles. The lowest BCUT2D eigenvalue weighted by molar-refractivity contribution is 0.742. The highest BCUT2D eigenvalue weighted by atomic mass is 15.1. The molecule has 0 saturated heterocycles. The van der Waals surface area contributed by atoms with Crippen molar-refractivity contribution in [2.75, 3.05) is 36.2 Å². The summed E-state index contributed by atoms with van der Waals surface area (Å²) in [5.74, 6) is 2.45. The number of aryl methyl sites for hydroxylation is 1. The van der Waals surface area contributed by atoms with Crippen molar-refractivity contribution in [1.29, 1.82) is 0 Å². The van der Waals surface area contributed by atoms with Crippen molar-refractivity contribution >= 4 is 23.0 Å². The minimum Gasteiger partial charge on any atom is -0.378 e. The molecule has 2 rings (SSSR count). The van der Waals surface area contributed by atoms with E-state index in [4.69, 9.17) is 0 Å². The molecule has 0 spiro atoms. The van der Waals surface area contributed by atoms with E-state index in [0.717, 1.165) is 36.1 Å². The molecule has 1 aromatic carbocycles. The maximum absolute atomic E-state index is 4.46. The maximum atomic E-state index is 4.46. The van der Waals surface area contributed by atoms with E-state index in [1.165, 1.54) is 18.5 Å². The summed E-state index contributed by atoms with van der Waals surface area (Å²) in [7, 11) is 4.07. The van der Waals surface area contributed by atoms with Crippen LogP contribution in [0.1, 0.15) is 32.0 Å². The fourth-order valence-corrected chi connectivity index (χ4v) is 2.30. The SMILES string of the molecule is CCCCCNc1cc(Nc2ccc(N(C)C)cc2)nc(C)n1. The van der Waals surface area contributed by atoms with Crippen molar-refractivity contribution in [3.63, 3.8) is 0 Å². The highest BCUT2D eigenvalue weighted by Gasteiger charge is 2.03. The van der Waals surface area contributed by atoms with Crippen LogP contribution < -0.4 is 15.5 Å². The summed E-state index contributed by atoms with van der Waals surface area (Å²) in [6, 6.07) is 10.2. The second kappa shape index (κ2) is 8.36. The number of nitrogens with zero attached hydrogens (tertiary/aromatic N) is 3. The molecular formula is C18H27N5. The summed E-state index contributed by atoms with van der Waals surface area (Å²) in [5, 5.41) is 6.72. The van der Waals surface area contributed by atoms with Crippen LogP contribution in [0.15, 0.2) is 30.3 Å². The average molecular weight is 313 g/mol. The van der Waals surface area contributed by atoms with Crippen LogP contribution in [0.25, 0.3) is 0 Å². The molecule has 0 unspecified atom stereocenters. The van der Waals surface area contributed by atoms with E-state index in [1.54, 1.807) is 0 Å². The van der Waals surface area contributed by atoms with E-state index in [2.05, 4.69) is 56.7 Å². The van der Waals surface area contributed by atoms with Crippen molar-refractivity contribution in [1.82, 2.24) is 9.97 Å². The Morgan fingerprint density at radius 1 is 1.00 bits per heavy atom. The molecule has 5 heteroatoms. The molecule has 0 aliphatic carbocycles. The number of nitrogens with one attached hydrogen (secondary N) is 2. The first-order chi connectivity index (χ1) is 11.1. The molecule has 0 atom stereocenters. The maximum Gasteiger partial charge on any atom is 0.136 e. The fourth-order valence-electron chi connectivity index (χ4n) is 2.30. The zero-order valence-electron chi connectivity index (χ0n) is 14.6. The van der Waals surface area contributed by atoms with Crippen LogP contribution in [-0.2, 0) is 0 Å². The van der Waals surface area contributed by atoms with Gasteiger partial charge in [-0.3, -0.25) is 0 Å². The molecule has 0 aliphatic rings. The number of anilines is 4. The summed E-state index contributed by atoms with van der Waals surface area (Å²) in [6.07, 6.45) is 3.62. The lowest BCUT2D eigenvalue weighted by atomic mass is 10.2. The van der Waals surface area contributed by atoms with E-state index in [-0.39, 0.29) is 0 Å². The Morgan fingerprint density at radius 2 is 1.70 bits per heavy atom. The Balaban J connectivity index is 2.02. The first kappa shape index (κ1) is 17.1. The van der Waals surface area contributed by atoms with E-state index >= 15 is 0 Å². The first-order valence-electron chi connectivity index (χ1n) is 8.22. The third kappa shape index (κ3) is 5.43. The molecular weight excluding hydrogens is 286 g/mol. The van der Waals surface area contributed by atoms with Crippen LogP contribution in [0, 0.1) is 6.92 Å². The topological polar surface area (TPSA) is 53.1 Å². The van der Waals surface area contributed by atoms with Gasteiger partial charge in [-0.25, -0.2) is 9.97 Å². The predicted molar refractivity (Wildman–Crippen MR) is 98.8 cm³/mol. The fraction of sp³-hybridized carbons (Fsp3) is 0.444. The molecule has 1 heterocycles. The van der Waals surface area contributed by atoms with Gasteiger partial charge in [-0.2, -0.15) is 0 Å². The monoisotopic (exact) mass is 313 g/mol. The summed E-state index contributed by atoms with van der Waals surface area (Å²) in [5.41, 5.74) is 2.19. The number of benzene rings is 1. The minimum absolute atomic E-state index is 0.762. The van der Waals surface area contributed by atoms with Gasteiger partial charge in [-0.15, -0.1) is 0 Å². The molecule has 124 valence electrons. The van der Waals surface area contributed by atoms with Gasteiger partial charge in [0.05, 0.1) is 0 Å². The molecule has 0 saturated carbocycles. The lowest BCUT2D eigenvalue weighted by Gasteiger charge is -2.14. The van der Waals surface area contributed by atoms with Gasteiger partial charge in [0, 0.05) is 38.1 Å². The lowest BCUT2D eigenvalue weighted by Crippen LogP contribution is -2.08. The van der Waals surface area contributed by atoms with Crippen LogP contribution >= 0.6 is 0 Å². The van der Waals surface area contributed by atoms with Crippen molar-refractivity contribution < 1.29 is 0 Å². The molecule has 2 N–H and O–H groups in total. The second-order valence-corrected chi connectivity index (χ2v) is 5.89. The number of unbranched alkanes of at least 4 members (excludes halogenated alkanes) is 2. The summed E-state index contributed by atoms with van der Waals surface area (Å²) in [6.45, 7) is 5.07. The number of aromatic nitrogens is 2. The Labute approximate surface area is 139 Å². The van der Waals surface area contributed by atoms with Gasteiger partial charge in [0.2, 0.25) is 0 Å². The van der Waals surface area contributed by atoms with Gasteiger partial charge in [-0.1, -0.05) is 19.8 Å². The highest BCUT2D eigenvalue weighted by molar-refractivity contribution is 5.62. The largest absolute Gasteiger partial charge is 0.378 e. The normalized spacial score (nSPS) is 10.4. The number of hydrogen-bond donors (Lipinski definition) is 2. The number of hydrogen-bond acceptors (Lipinski definition) is 5. The average Bonchev–Trinajstić information content (AvgIpc) is 2.51. The summed E-state index contributed by atoms with van der Waals surface area (Å²) >= 11 is 0. The Kier molecular flexibility index (Phi) is 6.20. The number of rotatable bonds is 8. The van der Waals surface area contributed by atoms with Gasteiger partial charge in [0.15, 0.2) is 0 Å². The van der Waals surface area contributed by atoms with E-state index in [9.17, 15) is 0 Å². The minimum atomic E-state index is 0.762. The zero-order chi connectivity index (χ0) is 16.7. The third-order valence-corrected chi connectivity index (χ3v) is 3.58. The van der Waals surface area contributed by atoms with Crippen molar-refractivity contribution in [3.05, 3.63) is 36.2 Å². The van der Waals surface area contributed by atoms with E-state index < -0.39 is 0 Å². The van der Waals surface area contributed by atoms with Crippen LogP contribution in [0.2, 0.25) is 0 Å². The molecule has 0 amide bonds. The molecule has 0 fully saturated rings. The van der Waals surface area contributed by atoms with Gasteiger partial charge in [0.1, 0.15) is 17.5 Å². The van der Waals surface area contributed by atoms with Crippen LogP contribution in [0.5, 0.6) is 0 Å². The molecule has 1 aromatic heterocycles. The van der Waals surface area contributed by atoms with E-state index in [1.807, 2.05) is 27.1 Å². The zero-order valence-corrected chi connectivity index (χ0v) is 14.6. The molecule has 5 nitrogen and oxygen atoms in total. The van der Waals surface area contributed by atoms with Crippen LogP contribution in [-0.4, -0.2) is 30.6 Å². The second-order valence-electron chi connectivity index (χ2n) is 5.89. The molecule has 2 aromatic rings. The third-order valence-electron chi connectivity index (χ3n) is 3.58. The first-order valence-corrected chi connectivity index (χ1v) is 8.22. The van der Waals surface area contributed by atoms with Gasteiger partial charge in [0.25, 0.3) is 0 Å².